The molecule has 0 radical (unpaired) electrons. The van der Waals surface area contributed by atoms with Gasteiger partial charge in [0, 0.05) is 32.1 Å². The molecule has 0 aliphatic carbocycles. The number of nitrogens with zero attached hydrogens (tertiary/aromatic N) is 5. The van der Waals surface area contributed by atoms with Crippen LogP contribution in [-0.4, -0.2) is 42.6 Å². The maximum Gasteiger partial charge on any atom is 0.332 e. The molecule has 1 aliphatic heterocycles. The summed E-state index contributed by atoms with van der Waals surface area (Å²) in [6, 6.07) is 4.22. The zero-order valence-electron chi connectivity index (χ0n) is 15.3. The van der Waals surface area contributed by atoms with Crippen LogP contribution < -0.4 is 11.2 Å². The van der Waals surface area contributed by atoms with E-state index in [1.807, 2.05) is 4.90 Å². The largest absolute Gasteiger partial charge is 0.341 e. The molecule has 0 bridgehead atoms. The van der Waals surface area contributed by atoms with Crippen molar-refractivity contribution in [3.05, 3.63) is 49.6 Å². The number of hydrogen-bond donors (Lipinski definition) is 0. The van der Waals surface area contributed by atoms with Crippen molar-refractivity contribution < 1.29 is 4.79 Å². The van der Waals surface area contributed by atoms with E-state index in [0.717, 1.165) is 17.4 Å². The minimum atomic E-state index is -0.435. The smallest absolute Gasteiger partial charge is 0.332 e. The second kappa shape index (κ2) is 6.80. The number of amides is 1. The Bertz CT molecular complexity index is 1100. The average molecular weight is 387 g/mol. The molecule has 3 aromatic rings. The van der Waals surface area contributed by atoms with Gasteiger partial charge in [0.05, 0.1) is 6.33 Å². The van der Waals surface area contributed by atoms with Crippen molar-refractivity contribution in [1.29, 1.82) is 0 Å². The first kappa shape index (κ1) is 17.7. The lowest BCUT2D eigenvalue weighted by atomic mass is 9.95. The van der Waals surface area contributed by atoms with Gasteiger partial charge in [-0.05, 0) is 30.2 Å². The van der Waals surface area contributed by atoms with Gasteiger partial charge in [0.25, 0.3) is 5.56 Å². The number of rotatable bonds is 3. The molecule has 4 rings (SSSR count). The molecule has 0 aromatic carbocycles. The Morgan fingerprint density at radius 2 is 1.96 bits per heavy atom. The third-order valence-corrected chi connectivity index (χ3v) is 6.35. The van der Waals surface area contributed by atoms with Crippen LogP contribution in [0.1, 0.15) is 23.6 Å². The summed E-state index contributed by atoms with van der Waals surface area (Å²) in [6.45, 7) is 1.47. The van der Waals surface area contributed by atoms with E-state index in [2.05, 4.69) is 22.5 Å². The number of aromatic nitrogens is 4. The molecule has 1 saturated heterocycles. The first-order valence-corrected chi connectivity index (χ1v) is 9.77. The number of piperidine rings is 1. The van der Waals surface area contributed by atoms with Gasteiger partial charge in [-0.1, -0.05) is 6.07 Å². The molecule has 0 saturated carbocycles. The Kier molecular flexibility index (Phi) is 4.47. The maximum atomic E-state index is 12.8. The van der Waals surface area contributed by atoms with E-state index in [4.69, 9.17) is 0 Å². The number of aryl methyl sites for hydroxylation is 1. The zero-order valence-corrected chi connectivity index (χ0v) is 16.1. The first-order chi connectivity index (χ1) is 13.0. The molecule has 27 heavy (non-hydrogen) atoms. The van der Waals surface area contributed by atoms with Crippen LogP contribution in [0, 0.1) is 0 Å². The molecule has 4 heterocycles. The summed E-state index contributed by atoms with van der Waals surface area (Å²) in [5.41, 5.74) is -0.289. The summed E-state index contributed by atoms with van der Waals surface area (Å²) in [5, 5.41) is 2.09. The van der Waals surface area contributed by atoms with Gasteiger partial charge in [0.2, 0.25) is 5.91 Å². The Morgan fingerprint density at radius 1 is 1.22 bits per heavy atom. The number of carbonyl (C=O) groups is 1. The van der Waals surface area contributed by atoms with Crippen molar-refractivity contribution >= 4 is 28.4 Å². The monoisotopic (exact) mass is 387 g/mol. The third-order valence-electron chi connectivity index (χ3n) is 5.32. The Labute approximate surface area is 159 Å². The molecule has 9 heteroatoms. The number of carbonyl (C=O) groups excluding carboxylic acids is 1. The van der Waals surface area contributed by atoms with Gasteiger partial charge in [-0.15, -0.1) is 11.3 Å². The summed E-state index contributed by atoms with van der Waals surface area (Å²) < 4.78 is 3.91. The summed E-state index contributed by atoms with van der Waals surface area (Å²) in [4.78, 5) is 44.6. The van der Waals surface area contributed by atoms with Crippen LogP contribution >= 0.6 is 11.3 Å². The second-order valence-corrected chi connectivity index (χ2v) is 7.90. The van der Waals surface area contributed by atoms with Crippen molar-refractivity contribution in [3.8, 4) is 0 Å². The van der Waals surface area contributed by atoms with Crippen LogP contribution in [-0.2, 0) is 25.4 Å². The highest BCUT2D eigenvalue weighted by atomic mass is 32.1. The molecule has 1 fully saturated rings. The van der Waals surface area contributed by atoms with Gasteiger partial charge in [-0.25, -0.2) is 9.78 Å². The van der Waals surface area contributed by atoms with Gasteiger partial charge in [0.1, 0.15) is 6.54 Å². The summed E-state index contributed by atoms with van der Waals surface area (Å²) in [5.74, 6) is 0.486. The van der Waals surface area contributed by atoms with Crippen LogP contribution in [0.2, 0.25) is 0 Å². The van der Waals surface area contributed by atoms with Gasteiger partial charge in [-0.2, -0.15) is 0 Å². The van der Waals surface area contributed by atoms with Crippen molar-refractivity contribution in [1.82, 2.24) is 23.6 Å². The van der Waals surface area contributed by atoms with E-state index in [1.54, 1.807) is 23.0 Å². The topological polar surface area (TPSA) is 82.1 Å². The van der Waals surface area contributed by atoms with Gasteiger partial charge >= 0.3 is 5.69 Å². The van der Waals surface area contributed by atoms with Crippen molar-refractivity contribution in [2.24, 2.45) is 14.1 Å². The molecule has 1 amide bonds. The Balaban J connectivity index is 1.53. The molecule has 0 unspecified atom stereocenters. The second-order valence-electron chi connectivity index (χ2n) is 6.92. The van der Waals surface area contributed by atoms with Crippen molar-refractivity contribution in [2.75, 3.05) is 13.1 Å². The highest BCUT2D eigenvalue weighted by Crippen LogP contribution is 2.31. The Hall–Kier alpha value is -2.68. The molecule has 3 aromatic heterocycles. The fourth-order valence-electron chi connectivity index (χ4n) is 3.70. The number of fused-ring (bicyclic) bond motifs is 1. The molecule has 0 spiro atoms. The molecule has 0 atom stereocenters. The molecule has 1 aliphatic rings. The van der Waals surface area contributed by atoms with E-state index in [1.165, 1.54) is 22.8 Å². The summed E-state index contributed by atoms with van der Waals surface area (Å²) in [6.07, 6.45) is 3.36. The fourth-order valence-corrected chi connectivity index (χ4v) is 4.60. The van der Waals surface area contributed by atoms with Crippen molar-refractivity contribution in [3.63, 3.8) is 0 Å². The van der Waals surface area contributed by atoms with Crippen LogP contribution in [0.25, 0.3) is 11.2 Å². The lowest BCUT2D eigenvalue weighted by Crippen LogP contribution is -2.40. The number of thiophene rings is 1. The first-order valence-electron chi connectivity index (χ1n) is 8.89. The van der Waals surface area contributed by atoms with E-state index < -0.39 is 11.2 Å². The van der Waals surface area contributed by atoms with E-state index in [0.29, 0.717) is 24.7 Å². The number of hydrogen-bond acceptors (Lipinski definition) is 5. The Morgan fingerprint density at radius 3 is 2.63 bits per heavy atom. The molecule has 8 nitrogen and oxygen atoms in total. The maximum absolute atomic E-state index is 12.8. The summed E-state index contributed by atoms with van der Waals surface area (Å²) in [7, 11) is 3.00. The lowest BCUT2D eigenvalue weighted by Gasteiger charge is -2.31. The quantitative estimate of drug-likeness (QED) is 0.669. The number of imidazole rings is 1. The highest BCUT2D eigenvalue weighted by Gasteiger charge is 2.25. The predicted octanol–water partition coefficient (Wildman–Crippen LogP) is 0.901. The lowest BCUT2D eigenvalue weighted by molar-refractivity contribution is -0.132. The highest BCUT2D eigenvalue weighted by molar-refractivity contribution is 7.10. The average Bonchev–Trinajstić information content (AvgIpc) is 3.35. The minimum absolute atomic E-state index is 0.0326. The van der Waals surface area contributed by atoms with E-state index in [-0.39, 0.29) is 18.0 Å². The number of likely N-dealkylation sites (tertiary alicyclic amines) is 1. The minimum Gasteiger partial charge on any atom is -0.341 e. The zero-order chi connectivity index (χ0) is 19.1. The van der Waals surface area contributed by atoms with Crippen LogP contribution in [0.15, 0.2) is 33.4 Å². The SMILES string of the molecule is Cn1c(=O)c2c(ncn2CC(=O)N2CCC(c3cccs3)CC2)n(C)c1=O. The van der Waals surface area contributed by atoms with E-state index >= 15 is 0 Å². The van der Waals surface area contributed by atoms with Crippen LogP contribution in [0.4, 0.5) is 0 Å². The third kappa shape index (κ3) is 3.01. The van der Waals surface area contributed by atoms with Crippen LogP contribution in [0.3, 0.4) is 0 Å². The normalized spacial score (nSPS) is 15.6. The fraction of sp³-hybridized carbons (Fsp3) is 0.444. The molecular weight excluding hydrogens is 366 g/mol. The molecule has 142 valence electrons. The molecule has 0 N–H and O–H groups in total. The predicted molar refractivity (Wildman–Crippen MR) is 103 cm³/mol. The van der Waals surface area contributed by atoms with Gasteiger partial charge in [-0.3, -0.25) is 18.7 Å². The summed E-state index contributed by atoms with van der Waals surface area (Å²) >= 11 is 1.77. The van der Waals surface area contributed by atoms with Crippen LogP contribution in [0.5, 0.6) is 0 Å². The van der Waals surface area contributed by atoms with Crippen molar-refractivity contribution in [2.45, 2.75) is 25.3 Å². The van der Waals surface area contributed by atoms with E-state index in [9.17, 15) is 14.4 Å². The van der Waals surface area contributed by atoms with Gasteiger partial charge < -0.3 is 9.47 Å². The standard InChI is InChI=1S/C18H21N5O3S/c1-20-16-15(17(25)21(2)18(20)26)23(11-19-16)10-14(24)22-7-5-12(6-8-22)13-4-3-9-27-13/h3-4,9,11-12H,5-8,10H2,1-2H3. The molecular formula is C18H21N5O3S. The van der Waals surface area contributed by atoms with Gasteiger partial charge in [0.15, 0.2) is 11.2 Å².